The van der Waals surface area contributed by atoms with Crippen molar-refractivity contribution in [3.8, 4) is 6.07 Å². The lowest BCUT2D eigenvalue weighted by molar-refractivity contribution is 1.19. The van der Waals surface area contributed by atoms with Crippen LogP contribution in [0.2, 0.25) is 0 Å². The largest absolute Gasteiger partial charge is 0.233 e. The SMILES string of the molecule is Cc1ccc2ccc(C#N)nc2n1. The zero-order valence-corrected chi connectivity index (χ0v) is 7.15. The molecule has 0 aliphatic carbocycles. The van der Waals surface area contributed by atoms with Crippen LogP contribution in [0, 0.1) is 18.3 Å². The Morgan fingerprint density at radius 3 is 2.69 bits per heavy atom. The second kappa shape index (κ2) is 2.83. The van der Waals surface area contributed by atoms with Crippen LogP contribution in [0.1, 0.15) is 11.4 Å². The minimum absolute atomic E-state index is 0.408. The van der Waals surface area contributed by atoms with Crippen molar-refractivity contribution in [3.63, 3.8) is 0 Å². The second-order valence-electron chi connectivity index (χ2n) is 2.81. The summed E-state index contributed by atoms with van der Waals surface area (Å²) in [6.45, 7) is 1.90. The van der Waals surface area contributed by atoms with Crippen molar-refractivity contribution in [3.05, 3.63) is 35.7 Å². The van der Waals surface area contributed by atoms with E-state index in [9.17, 15) is 0 Å². The summed E-state index contributed by atoms with van der Waals surface area (Å²) in [4.78, 5) is 8.30. The Hall–Kier alpha value is -1.95. The Balaban J connectivity index is 2.77. The van der Waals surface area contributed by atoms with Gasteiger partial charge in [-0.15, -0.1) is 0 Å². The van der Waals surface area contributed by atoms with Crippen molar-refractivity contribution in [1.29, 1.82) is 5.26 Å². The zero-order valence-electron chi connectivity index (χ0n) is 7.15. The van der Waals surface area contributed by atoms with Gasteiger partial charge in [0.2, 0.25) is 0 Å². The molecule has 0 fully saturated rings. The Bertz CT molecular complexity index is 497. The molecular weight excluding hydrogens is 162 g/mol. The first kappa shape index (κ1) is 7.69. The van der Waals surface area contributed by atoms with Crippen LogP contribution in [0.5, 0.6) is 0 Å². The molecule has 2 aromatic heterocycles. The second-order valence-corrected chi connectivity index (χ2v) is 2.81. The molecule has 0 aromatic carbocycles. The van der Waals surface area contributed by atoms with Gasteiger partial charge in [-0.2, -0.15) is 5.26 Å². The molecule has 0 amide bonds. The van der Waals surface area contributed by atoms with Crippen LogP contribution in [-0.4, -0.2) is 9.97 Å². The van der Waals surface area contributed by atoms with Crippen molar-refractivity contribution >= 4 is 11.0 Å². The van der Waals surface area contributed by atoms with Gasteiger partial charge in [0.25, 0.3) is 0 Å². The third-order valence-corrected chi connectivity index (χ3v) is 1.81. The summed E-state index contributed by atoms with van der Waals surface area (Å²) in [5.74, 6) is 0. The predicted octanol–water partition coefficient (Wildman–Crippen LogP) is 1.81. The van der Waals surface area contributed by atoms with Gasteiger partial charge in [0.15, 0.2) is 5.65 Å². The average Bonchev–Trinajstić information content (AvgIpc) is 2.16. The maximum atomic E-state index is 8.63. The van der Waals surface area contributed by atoms with E-state index in [1.807, 2.05) is 31.2 Å². The van der Waals surface area contributed by atoms with E-state index in [0.29, 0.717) is 11.3 Å². The quantitative estimate of drug-likeness (QED) is 0.604. The van der Waals surface area contributed by atoms with Crippen LogP contribution >= 0.6 is 0 Å². The van der Waals surface area contributed by atoms with E-state index >= 15 is 0 Å². The van der Waals surface area contributed by atoms with E-state index in [2.05, 4.69) is 9.97 Å². The summed E-state index contributed by atoms with van der Waals surface area (Å²) in [6, 6.07) is 9.41. The highest BCUT2D eigenvalue weighted by Gasteiger charge is 1.98. The summed E-state index contributed by atoms with van der Waals surface area (Å²) in [5, 5.41) is 9.59. The monoisotopic (exact) mass is 169 g/mol. The molecule has 3 heteroatoms. The Morgan fingerprint density at radius 2 is 1.92 bits per heavy atom. The lowest BCUT2D eigenvalue weighted by Crippen LogP contribution is -1.88. The summed E-state index contributed by atoms with van der Waals surface area (Å²) >= 11 is 0. The van der Waals surface area contributed by atoms with Gasteiger partial charge in [0, 0.05) is 11.1 Å². The van der Waals surface area contributed by atoms with Gasteiger partial charge in [0.1, 0.15) is 11.8 Å². The number of hydrogen-bond donors (Lipinski definition) is 0. The molecule has 0 aliphatic rings. The predicted molar refractivity (Wildman–Crippen MR) is 49.0 cm³/mol. The summed E-state index contributed by atoms with van der Waals surface area (Å²) in [7, 11) is 0. The lowest BCUT2D eigenvalue weighted by Gasteiger charge is -1.97. The minimum atomic E-state index is 0.408. The molecule has 0 bridgehead atoms. The van der Waals surface area contributed by atoms with Crippen molar-refractivity contribution in [1.82, 2.24) is 9.97 Å². The molecule has 3 nitrogen and oxygen atoms in total. The minimum Gasteiger partial charge on any atom is -0.233 e. The highest BCUT2D eigenvalue weighted by Crippen LogP contribution is 2.10. The van der Waals surface area contributed by atoms with Gasteiger partial charge in [-0.25, -0.2) is 9.97 Å². The smallest absolute Gasteiger partial charge is 0.160 e. The molecule has 2 aromatic rings. The summed E-state index contributed by atoms with van der Waals surface area (Å²) < 4.78 is 0. The summed E-state index contributed by atoms with van der Waals surface area (Å²) in [6.07, 6.45) is 0. The topological polar surface area (TPSA) is 49.6 Å². The molecule has 0 spiro atoms. The van der Waals surface area contributed by atoms with Crippen LogP contribution in [-0.2, 0) is 0 Å². The molecule has 0 N–H and O–H groups in total. The summed E-state index contributed by atoms with van der Waals surface area (Å²) in [5.41, 5.74) is 1.96. The fraction of sp³-hybridized carbons (Fsp3) is 0.100. The first-order valence-electron chi connectivity index (χ1n) is 3.94. The van der Waals surface area contributed by atoms with Gasteiger partial charge in [-0.1, -0.05) is 0 Å². The molecule has 2 rings (SSSR count). The molecule has 13 heavy (non-hydrogen) atoms. The highest BCUT2D eigenvalue weighted by molar-refractivity contribution is 5.75. The number of aromatic nitrogens is 2. The van der Waals surface area contributed by atoms with Gasteiger partial charge in [-0.3, -0.25) is 0 Å². The lowest BCUT2D eigenvalue weighted by atomic mass is 10.2. The highest BCUT2D eigenvalue weighted by atomic mass is 14.9. The maximum absolute atomic E-state index is 8.63. The standard InChI is InChI=1S/C10H7N3/c1-7-2-3-8-4-5-9(6-11)13-10(8)12-7/h2-5H,1H3. The number of fused-ring (bicyclic) bond motifs is 1. The molecule has 0 atom stereocenters. The first-order valence-corrected chi connectivity index (χ1v) is 3.94. The van der Waals surface area contributed by atoms with E-state index < -0.39 is 0 Å². The molecule has 0 aliphatic heterocycles. The van der Waals surface area contributed by atoms with Crippen molar-refractivity contribution in [2.24, 2.45) is 0 Å². The number of hydrogen-bond acceptors (Lipinski definition) is 3. The fourth-order valence-electron chi connectivity index (χ4n) is 1.16. The normalized spacial score (nSPS) is 9.85. The molecule has 0 saturated carbocycles. The number of aryl methyl sites for hydroxylation is 1. The van der Waals surface area contributed by atoms with Crippen molar-refractivity contribution in [2.45, 2.75) is 6.92 Å². The van der Waals surface area contributed by atoms with Gasteiger partial charge in [0.05, 0.1) is 0 Å². The molecule has 2 heterocycles. The number of rotatable bonds is 0. The van der Waals surface area contributed by atoms with Crippen LogP contribution in [0.4, 0.5) is 0 Å². The van der Waals surface area contributed by atoms with Gasteiger partial charge >= 0.3 is 0 Å². The first-order chi connectivity index (χ1) is 6.29. The van der Waals surface area contributed by atoms with Crippen molar-refractivity contribution in [2.75, 3.05) is 0 Å². The number of nitriles is 1. The number of nitrogens with zero attached hydrogens (tertiary/aromatic N) is 3. The van der Waals surface area contributed by atoms with Crippen LogP contribution in [0.15, 0.2) is 24.3 Å². The average molecular weight is 169 g/mol. The van der Waals surface area contributed by atoms with Crippen molar-refractivity contribution < 1.29 is 0 Å². The maximum Gasteiger partial charge on any atom is 0.160 e. The van der Waals surface area contributed by atoms with Gasteiger partial charge in [-0.05, 0) is 31.2 Å². The zero-order chi connectivity index (χ0) is 9.26. The third-order valence-electron chi connectivity index (χ3n) is 1.81. The Morgan fingerprint density at radius 1 is 1.15 bits per heavy atom. The van der Waals surface area contributed by atoms with E-state index in [4.69, 9.17) is 5.26 Å². The number of pyridine rings is 2. The van der Waals surface area contributed by atoms with E-state index in [0.717, 1.165) is 11.1 Å². The van der Waals surface area contributed by atoms with Crippen LogP contribution in [0.25, 0.3) is 11.0 Å². The molecule has 0 saturated heterocycles. The van der Waals surface area contributed by atoms with E-state index in [-0.39, 0.29) is 0 Å². The Labute approximate surface area is 75.7 Å². The molecule has 0 radical (unpaired) electrons. The van der Waals surface area contributed by atoms with E-state index in [1.54, 1.807) is 6.07 Å². The van der Waals surface area contributed by atoms with Crippen LogP contribution < -0.4 is 0 Å². The van der Waals surface area contributed by atoms with Crippen LogP contribution in [0.3, 0.4) is 0 Å². The third kappa shape index (κ3) is 1.34. The fourth-order valence-corrected chi connectivity index (χ4v) is 1.16. The van der Waals surface area contributed by atoms with Gasteiger partial charge < -0.3 is 0 Å². The Kier molecular flexibility index (Phi) is 1.67. The molecule has 62 valence electrons. The molecular formula is C10H7N3. The molecule has 0 unspecified atom stereocenters. The van der Waals surface area contributed by atoms with E-state index in [1.165, 1.54) is 0 Å².